The maximum Gasteiger partial charge on any atom is 0.222 e. The van der Waals surface area contributed by atoms with Crippen molar-refractivity contribution in [1.29, 1.82) is 0 Å². The van der Waals surface area contributed by atoms with Crippen LogP contribution in [0, 0.1) is 0 Å². The van der Waals surface area contributed by atoms with Gasteiger partial charge in [0.1, 0.15) is 0 Å². The van der Waals surface area contributed by atoms with Crippen LogP contribution in [0.1, 0.15) is 24.6 Å². The minimum Gasteiger partial charge on any atom is -0.362 e. The van der Waals surface area contributed by atoms with E-state index in [1.165, 1.54) is 0 Å². The number of hydrogen-bond donors (Lipinski definition) is 1. The van der Waals surface area contributed by atoms with E-state index in [4.69, 9.17) is 0 Å². The maximum absolute atomic E-state index is 11.4. The van der Waals surface area contributed by atoms with E-state index in [9.17, 15) is 4.79 Å². The van der Waals surface area contributed by atoms with Gasteiger partial charge in [0, 0.05) is 30.6 Å². The molecule has 0 radical (unpaired) electrons. The van der Waals surface area contributed by atoms with Crippen molar-refractivity contribution in [3.05, 3.63) is 11.1 Å². The lowest BCUT2D eigenvalue weighted by atomic mass is 10.4. The van der Waals surface area contributed by atoms with Gasteiger partial charge in [-0.25, -0.2) is 4.98 Å². The Morgan fingerprint density at radius 2 is 2.53 bits per heavy atom. The lowest BCUT2D eigenvalue weighted by molar-refractivity contribution is -0.128. The molecule has 1 aliphatic heterocycles. The Bertz CT molecular complexity index is 350. The molecule has 0 bridgehead atoms. The SMILES string of the molecule is CCNc1ncc(CN2CCCC2=O)s1. The van der Waals surface area contributed by atoms with Crippen molar-refractivity contribution in [1.82, 2.24) is 9.88 Å². The minimum absolute atomic E-state index is 0.272. The van der Waals surface area contributed by atoms with Crippen LogP contribution in [0.5, 0.6) is 0 Å². The molecule has 0 aromatic carbocycles. The molecule has 2 heterocycles. The van der Waals surface area contributed by atoms with Crippen molar-refractivity contribution in [3.8, 4) is 0 Å². The fourth-order valence-corrected chi connectivity index (χ4v) is 2.57. The topological polar surface area (TPSA) is 45.2 Å². The predicted molar refractivity (Wildman–Crippen MR) is 60.9 cm³/mol. The fraction of sp³-hybridized carbons (Fsp3) is 0.600. The normalized spacial score (nSPS) is 16.1. The zero-order chi connectivity index (χ0) is 10.7. The molecule has 1 saturated heterocycles. The van der Waals surface area contributed by atoms with E-state index in [0.29, 0.717) is 6.42 Å². The second-order valence-electron chi connectivity index (χ2n) is 3.58. The predicted octanol–water partition coefficient (Wildman–Crippen LogP) is 1.70. The zero-order valence-electron chi connectivity index (χ0n) is 8.82. The van der Waals surface area contributed by atoms with Gasteiger partial charge >= 0.3 is 0 Å². The summed E-state index contributed by atoms with van der Waals surface area (Å²) in [7, 11) is 0. The van der Waals surface area contributed by atoms with Crippen LogP contribution in [0.2, 0.25) is 0 Å². The Morgan fingerprint density at radius 3 is 3.20 bits per heavy atom. The first-order chi connectivity index (χ1) is 7.29. The summed E-state index contributed by atoms with van der Waals surface area (Å²) in [5, 5.41) is 4.11. The highest BCUT2D eigenvalue weighted by Gasteiger charge is 2.20. The average Bonchev–Trinajstić information content (AvgIpc) is 2.79. The molecule has 4 nitrogen and oxygen atoms in total. The molecule has 0 aliphatic carbocycles. The summed E-state index contributed by atoms with van der Waals surface area (Å²) in [4.78, 5) is 18.7. The molecule has 1 aromatic rings. The Balaban J connectivity index is 1.95. The molecule has 0 atom stereocenters. The third-order valence-corrected chi connectivity index (χ3v) is 3.34. The molecule has 5 heteroatoms. The van der Waals surface area contributed by atoms with Crippen LogP contribution in [0.4, 0.5) is 5.13 Å². The van der Waals surface area contributed by atoms with Gasteiger partial charge in [0.05, 0.1) is 6.54 Å². The van der Waals surface area contributed by atoms with Crippen molar-refractivity contribution < 1.29 is 4.79 Å². The second kappa shape index (κ2) is 4.61. The van der Waals surface area contributed by atoms with Crippen LogP contribution in [-0.4, -0.2) is 28.9 Å². The monoisotopic (exact) mass is 225 g/mol. The third kappa shape index (κ3) is 2.47. The maximum atomic E-state index is 11.4. The van der Waals surface area contributed by atoms with Gasteiger partial charge < -0.3 is 10.2 Å². The van der Waals surface area contributed by atoms with E-state index < -0.39 is 0 Å². The van der Waals surface area contributed by atoms with Crippen LogP contribution >= 0.6 is 11.3 Å². The summed E-state index contributed by atoms with van der Waals surface area (Å²) in [6, 6.07) is 0. The summed E-state index contributed by atoms with van der Waals surface area (Å²) < 4.78 is 0. The van der Waals surface area contributed by atoms with Gasteiger partial charge in [-0.3, -0.25) is 4.79 Å². The number of carbonyl (C=O) groups excluding carboxylic acids is 1. The summed E-state index contributed by atoms with van der Waals surface area (Å²) >= 11 is 1.63. The summed E-state index contributed by atoms with van der Waals surface area (Å²) in [5.74, 6) is 0.272. The number of rotatable bonds is 4. The highest BCUT2D eigenvalue weighted by Crippen LogP contribution is 2.21. The van der Waals surface area contributed by atoms with E-state index >= 15 is 0 Å². The van der Waals surface area contributed by atoms with Crippen molar-refractivity contribution in [2.24, 2.45) is 0 Å². The standard InChI is InChI=1S/C10H15N3OS/c1-2-11-10-12-6-8(15-10)7-13-5-3-4-9(13)14/h6H,2-5,7H2,1H3,(H,11,12). The lowest BCUT2D eigenvalue weighted by Crippen LogP contribution is -2.23. The largest absolute Gasteiger partial charge is 0.362 e. The van der Waals surface area contributed by atoms with Crippen molar-refractivity contribution in [3.63, 3.8) is 0 Å². The van der Waals surface area contributed by atoms with Crippen LogP contribution in [0.25, 0.3) is 0 Å². The van der Waals surface area contributed by atoms with Crippen molar-refractivity contribution >= 4 is 22.4 Å². The quantitative estimate of drug-likeness (QED) is 0.848. The molecule has 0 unspecified atom stereocenters. The molecule has 1 amide bonds. The van der Waals surface area contributed by atoms with E-state index in [1.807, 2.05) is 18.0 Å². The van der Waals surface area contributed by atoms with E-state index in [1.54, 1.807) is 11.3 Å². The van der Waals surface area contributed by atoms with Crippen LogP contribution in [0.3, 0.4) is 0 Å². The van der Waals surface area contributed by atoms with Gasteiger partial charge in [-0.1, -0.05) is 0 Å². The van der Waals surface area contributed by atoms with Crippen molar-refractivity contribution in [2.75, 3.05) is 18.4 Å². The Hall–Kier alpha value is -1.10. The van der Waals surface area contributed by atoms with E-state index in [-0.39, 0.29) is 5.91 Å². The van der Waals surface area contributed by atoms with Gasteiger partial charge in [-0.15, -0.1) is 11.3 Å². The summed E-state index contributed by atoms with van der Waals surface area (Å²) in [6.45, 7) is 4.55. The highest BCUT2D eigenvalue weighted by molar-refractivity contribution is 7.15. The van der Waals surface area contributed by atoms with Crippen LogP contribution in [0.15, 0.2) is 6.20 Å². The molecule has 1 aliphatic rings. The second-order valence-corrected chi connectivity index (χ2v) is 4.70. The number of carbonyl (C=O) groups is 1. The van der Waals surface area contributed by atoms with Gasteiger partial charge in [0.25, 0.3) is 0 Å². The van der Waals surface area contributed by atoms with Gasteiger partial charge in [-0.2, -0.15) is 0 Å². The number of likely N-dealkylation sites (tertiary alicyclic amines) is 1. The first-order valence-electron chi connectivity index (χ1n) is 5.26. The lowest BCUT2D eigenvalue weighted by Gasteiger charge is -2.13. The molecule has 0 spiro atoms. The number of thiazole rings is 1. The first kappa shape index (κ1) is 10.4. The number of amides is 1. The highest BCUT2D eigenvalue weighted by atomic mass is 32.1. The molecule has 1 N–H and O–H groups in total. The van der Waals surface area contributed by atoms with Gasteiger partial charge in [-0.05, 0) is 13.3 Å². The number of anilines is 1. The average molecular weight is 225 g/mol. The number of nitrogens with zero attached hydrogens (tertiary/aromatic N) is 2. The molecule has 82 valence electrons. The molecule has 2 rings (SSSR count). The smallest absolute Gasteiger partial charge is 0.222 e. The number of hydrogen-bond acceptors (Lipinski definition) is 4. The Morgan fingerprint density at radius 1 is 1.67 bits per heavy atom. The van der Waals surface area contributed by atoms with E-state index in [2.05, 4.69) is 10.3 Å². The van der Waals surface area contributed by atoms with Crippen molar-refractivity contribution in [2.45, 2.75) is 26.3 Å². The third-order valence-electron chi connectivity index (χ3n) is 2.40. The molecule has 1 fully saturated rings. The molecule has 1 aromatic heterocycles. The Kier molecular flexibility index (Phi) is 3.20. The van der Waals surface area contributed by atoms with Gasteiger partial charge in [0.2, 0.25) is 5.91 Å². The molecule has 15 heavy (non-hydrogen) atoms. The minimum atomic E-state index is 0.272. The molecule has 0 saturated carbocycles. The van der Waals surface area contributed by atoms with E-state index in [0.717, 1.165) is 36.1 Å². The summed E-state index contributed by atoms with van der Waals surface area (Å²) in [5.41, 5.74) is 0. The Labute approximate surface area is 93.3 Å². The number of nitrogens with one attached hydrogen (secondary N) is 1. The fourth-order valence-electron chi connectivity index (χ4n) is 1.67. The van der Waals surface area contributed by atoms with Crippen LogP contribution < -0.4 is 5.32 Å². The summed E-state index contributed by atoms with van der Waals surface area (Å²) in [6.07, 6.45) is 3.56. The van der Waals surface area contributed by atoms with Crippen LogP contribution in [-0.2, 0) is 11.3 Å². The first-order valence-corrected chi connectivity index (χ1v) is 6.07. The molecular weight excluding hydrogens is 210 g/mol. The number of aromatic nitrogens is 1. The zero-order valence-corrected chi connectivity index (χ0v) is 9.64. The molecular formula is C10H15N3OS. The van der Waals surface area contributed by atoms with Gasteiger partial charge in [0.15, 0.2) is 5.13 Å².